The predicted molar refractivity (Wildman–Crippen MR) is 77.7 cm³/mol. The zero-order valence-electron chi connectivity index (χ0n) is 9.48. The van der Waals surface area contributed by atoms with E-state index >= 15 is 0 Å². The van der Waals surface area contributed by atoms with E-state index in [0.717, 1.165) is 20.9 Å². The molecule has 3 heteroatoms. The fourth-order valence-electron chi connectivity index (χ4n) is 2.01. The van der Waals surface area contributed by atoms with Gasteiger partial charge in [-0.05, 0) is 29.8 Å². The predicted octanol–water partition coefficient (Wildman–Crippen LogP) is 3.96. The molecule has 0 radical (unpaired) electrons. The van der Waals surface area contributed by atoms with Crippen molar-refractivity contribution in [2.24, 2.45) is 0 Å². The van der Waals surface area contributed by atoms with Crippen molar-refractivity contribution in [1.82, 2.24) is 4.98 Å². The van der Waals surface area contributed by atoms with Gasteiger partial charge in [-0.1, -0.05) is 40.2 Å². The second-order valence-corrected chi connectivity index (χ2v) is 5.00. The molecule has 2 nitrogen and oxygen atoms in total. The molecule has 0 fully saturated rings. The van der Waals surface area contributed by atoms with Gasteiger partial charge in [0, 0.05) is 27.1 Å². The van der Waals surface area contributed by atoms with Crippen LogP contribution in [0.3, 0.4) is 0 Å². The van der Waals surface area contributed by atoms with E-state index in [0.29, 0.717) is 5.56 Å². The van der Waals surface area contributed by atoms with Crippen LogP contribution in [0.4, 0.5) is 0 Å². The Bertz CT molecular complexity index is 759. The molecular weight excluding hydrogens is 290 g/mol. The molecule has 1 heterocycles. The maximum atomic E-state index is 12.4. The van der Waals surface area contributed by atoms with E-state index in [2.05, 4.69) is 20.9 Å². The molecule has 0 aliphatic rings. The first-order chi connectivity index (χ1) is 8.75. The van der Waals surface area contributed by atoms with Gasteiger partial charge >= 0.3 is 0 Å². The van der Waals surface area contributed by atoms with Crippen LogP contribution in [0.25, 0.3) is 22.0 Å². The maximum Gasteiger partial charge on any atom is 0.197 e. The topological polar surface area (TPSA) is 32.9 Å². The van der Waals surface area contributed by atoms with Gasteiger partial charge in [-0.15, -0.1) is 0 Å². The number of aromatic nitrogens is 1. The molecule has 0 amide bonds. The van der Waals surface area contributed by atoms with Crippen LogP contribution in [0.2, 0.25) is 0 Å². The molecule has 18 heavy (non-hydrogen) atoms. The van der Waals surface area contributed by atoms with E-state index in [1.165, 1.54) is 0 Å². The number of benzene rings is 2. The Morgan fingerprint density at radius 1 is 0.944 bits per heavy atom. The van der Waals surface area contributed by atoms with Gasteiger partial charge < -0.3 is 4.98 Å². The van der Waals surface area contributed by atoms with Gasteiger partial charge in [-0.2, -0.15) is 0 Å². The summed E-state index contributed by atoms with van der Waals surface area (Å²) in [6, 6.07) is 15.3. The number of para-hydroxylation sites is 1. The van der Waals surface area contributed by atoms with Crippen molar-refractivity contribution in [3.05, 3.63) is 69.4 Å². The molecular formula is C15H10BrNO. The zero-order chi connectivity index (χ0) is 12.5. The second-order valence-electron chi connectivity index (χ2n) is 4.08. The highest BCUT2D eigenvalue weighted by molar-refractivity contribution is 9.10. The van der Waals surface area contributed by atoms with Crippen molar-refractivity contribution in [2.75, 3.05) is 0 Å². The first-order valence-electron chi connectivity index (χ1n) is 5.62. The van der Waals surface area contributed by atoms with Crippen LogP contribution in [0.15, 0.2) is 64.0 Å². The number of aromatic amines is 1. The number of pyridine rings is 1. The molecule has 0 bridgehead atoms. The summed E-state index contributed by atoms with van der Waals surface area (Å²) in [5.41, 5.74) is 2.54. The molecule has 88 valence electrons. The number of H-pyrrole nitrogens is 1. The summed E-state index contributed by atoms with van der Waals surface area (Å²) in [6.07, 6.45) is 1.77. The summed E-state index contributed by atoms with van der Waals surface area (Å²) in [7, 11) is 0. The first kappa shape index (κ1) is 11.2. The van der Waals surface area contributed by atoms with Gasteiger partial charge in [0.15, 0.2) is 5.43 Å². The van der Waals surface area contributed by atoms with E-state index in [4.69, 9.17) is 0 Å². The number of nitrogens with one attached hydrogen (secondary N) is 1. The van der Waals surface area contributed by atoms with Crippen LogP contribution >= 0.6 is 15.9 Å². The summed E-state index contributed by atoms with van der Waals surface area (Å²) < 4.78 is 1.00. The summed E-state index contributed by atoms with van der Waals surface area (Å²) in [5.74, 6) is 0. The van der Waals surface area contributed by atoms with Crippen LogP contribution in [0.5, 0.6) is 0 Å². The molecule has 1 aromatic heterocycles. The third-order valence-corrected chi connectivity index (χ3v) is 3.47. The molecule has 0 aliphatic carbocycles. The molecule has 3 rings (SSSR count). The smallest absolute Gasteiger partial charge is 0.197 e. The minimum atomic E-state index is 0.0617. The van der Waals surface area contributed by atoms with Gasteiger partial charge in [-0.3, -0.25) is 4.79 Å². The average Bonchev–Trinajstić information content (AvgIpc) is 2.41. The second kappa shape index (κ2) is 4.42. The van der Waals surface area contributed by atoms with Crippen LogP contribution in [-0.4, -0.2) is 4.98 Å². The van der Waals surface area contributed by atoms with E-state index in [1.54, 1.807) is 6.20 Å². The summed E-state index contributed by atoms with van der Waals surface area (Å²) >= 11 is 3.39. The van der Waals surface area contributed by atoms with Crippen LogP contribution < -0.4 is 5.43 Å². The van der Waals surface area contributed by atoms with Gasteiger partial charge in [0.2, 0.25) is 0 Å². The lowest BCUT2D eigenvalue weighted by Gasteiger charge is -2.03. The monoisotopic (exact) mass is 299 g/mol. The normalized spacial score (nSPS) is 10.7. The van der Waals surface area contributed by atoms with Crippen LogP contribution in [0, 0.1) is 0 Å². The lowest BCUT2D eigenvalue weighted by molar-refractivity contribution is 1.38. The van der Waals surface area contributed by atoms with Gasteiger partial charge in [0.1, 0.15) is 0 Å². The number of hydrogen-bond donors (Lipinski definition) is 1. The lowest BCUT2D eigenvalue weighted by Crippen LogP contribution is -2.05. The molecule has 3 aromatic rings. The van der Waals surface area contributed by atoms with Crippen molar-refractivity contribution in [1.29, 1.82) is 0 Å². The molecule has 0 unspecified atom stereocenters. The van der Waals surface area contributed by atoms with Gasteiger partial charge in [0.05, 0.1) is 0 Å². The van der Waals surface area contributed by atoms with Crippen LogP contribution in [-0.2, 0) is 0 Å². The van der Waals surface area contributed by atoms with E-state index in [-0.39, 0.29) is 5.43 Å². The Hall–Kier alpha value is -1.87. The number of rotatable bonds is 1. The molecule has 0 saturated carbocycles. The summed E-state index contributed by atoms with van der Waals surface area (Å²) in [6.45, 7) is 0. The highest BCUT2D eigenvalue weighted by atomic mass is 79.9. The van der Waals surface area contributed by atoms with E-state index in [9.17, 15) is 4.79 Å². The van der Waals surface area contributed by atoms with E-state index in [1.807, 2.05) is 48.5 Å². The Kier molecular flexibility index (Phi) is 2.76. The highest BCUT2D eigenvalue weighted by Gasteiger charge is 2.06. The molecule has 1 N–H and O–H groups in total. The quantitative estimate of drug-likeness (QED) is 0.725. The number of halogens is 1. The summed E-state index contributed by atoms with van der Waals surface area (Å²) in [5, 5.41) is 0.720. The minimum absolute atomic E-state index is 0.0617. The Morgan fingerprint density at radius 3 is 2.44 bits per heavy atom. The molecule has 0 aliphatic heterocycles. The standard InChI is InChI=1S/C15H10BrNO/c16-11-7-5-10(6-8-11)13-9-17-14-4-2-1-3-12(14)15(13)18/h1-9H,(H,17,18). The summed E-state index contributed by atoms with van der Waals surface area (Å²) in [4.78, 5) is 15.5. The number of hydrogen-bond acceptors (Lipinski definition) is 1. The lowest BCUT2D eigenvalue weighted by atomic mass is 10.1. The van der Waals surface area contributed by atoms with Gasteiger partial charge in [0.25, 0.3) is 0 Å². The van der Waals surface area contributed by atoms with Crippen molar-refractivity contribution in [3.8, 4) is 11.1 Å². The fraction of sp³-hybridized carbons (Fsp3) is 0. The third-order valence-electron chi connectivity index (χ3n) is 2.94. The largest absolute Gasteiger partial charge is 0.360 e. The Labute approximate surface area is 112 Å². The number of fused-ring (bicyclic) bond motifs is 1. The molecule has 0 atom stereocenters. The SMILES string of the molecule is O=c1c(-c2ccc(Br)cc2)c[nH]c2ccccc12. The maximum absolute atomic E-state index is 12.4. The van der Waals surface area contributed by atoms with Crippen molar-refractivity contribution in [2.45, 2.75) is 0 Å². The fourth-order valence-corrected chi connectivity index (χ4v) is 2.28. The minimum Gasteiger partial charge on any atom is -0.360 e. The van der Waals surface area contributed by atoms with Crippen molar-refractivity contribution in [3.63, 3.8) is 0 Å². The van der Waals surface area contributed by atoms with Crippen molar-refractivity contribution < 1.29 is 0 Å². The first-order valence-corrected chi connectivity index (χ1v) is 6.41. The Morgan fingerprint density at radius 2 is 1.67 bits per heavy atom. The average molecular weight is 300 g/mol. The van der Waals surface area contributed by atoms with Crippen LogP contribution in [0.1, 0.15) is 0 Å². The van der Waals surface area contributed by atoms with Crippen molar-refractivity contribution >= 4 is 26.8 Å². The van der Waals surface area contributed by atoms with Gasteiger partial charge in [-0.25, -0.2) is 0 Å². The molecule has 0 spiro atoms. The zero-order valence-corrected chi connectivity index (χ0v) is 11.1. The third kappa shape index (κ3) is 1.87. The molecule has 2 aromatic carbocycles. The van der Waals surface area contributed by atoms with E-state index < -0.39 is 0 Å². The molecule has 0 saturated heterocycles. The highest BCUT2D eigenvalue weighted by Crippen LogP contribution is 2.20. The Balaban J connectivity index is 2.27.